The fourth-order valence-corrected chi connectivity index (χ4v) is 3.58. The summed E-state index contributed by atoms with van der Waals surface area (Å²) in [6.07, 6.45) is 0. The van der Waals surface area contributed by atoms with Crippen molar-refractivity contribution in [2.75, 3.05) is 25.5 Å². The number of hydrogen-bond donors (Lipinski definition) is 1. The number of likely N-dealkylation sites (N-methyl/N-ethyl adjacent to an activating group) is 1. The number of amides is 1. The molecule has 2 rings (SSSR count). The summed E-state index contributed by atoms with van der Waals surface area (Å²) in [5, 5.41) is 2.38. The van der Waals surface area contributed by atoms with Crippen molar-refractivity contribution in [3.05, 3.63) is 54.3 Å². The zero-order valence-electron chi connectivity index (χ0n) is 13.9. The van der Waals surface area contributed by atoms with Crippen LogP contribution < -0.4 is 10.1 Å². The third-order valence-corrected chi connectivity index (χ3v) is 5.45. The second kappa shape index (κ2) is 8.09. The van der Waals surface area contributed by atoms with Crippen molar-refractivity contribution in [2.24, 2.45) is 0 Å². The molecular weight excluding hydrogens is 347 g/mol. The van der Waals surface area contributed by atoms with Crippen molar-refractivity contribution in [3.8, 4) is 5.75 Å². The summed E-state index contributed by atoms with van der Waals surface area (Å²) >= 11 is 0. The highest BCUT2D eigenvalue weighted by molar-refractivity contribution is 7.89. The molecule has 0 bridgehead atoms. The number of nitrogens with one attached hydrogen (secondary N) is 1. The van der Waals surface area contributed by atoms with E-state index in [2.05, 4.69) is 5.32 Å². The van der Waals surface area contributed by atoms with Gasteiger partial charge < -0.3 is 10.1 Å². The molecule has 0 aliphatic carbocycles. The molecule has 0 fully saturated rings. The molecule has 1 amide bonds. The monoisotopic (exact) mass is 366 g/mol. The molecule has 0 heterocycles. The zero-order valence-corrected chi connectivity index (χ0v) is 14.7. The molecule has 1 N–H and O–H groups in total. The Morgan fingerprint density at radius 3 is 2.36 bits per heavy atom. The molecule has 2 aromatic rings. The Labute approximate surface area is 146 Å². The lowest BCUT2D eigenvalue weighted by Gasteiger charge is -2.20. The summed E-state index contributed by atoms with van der Waals surface area (Å²) in [6.45, 7) is 1.30. The molecule has 25 heavy (non-hydrogen) atoms. The minimum Gasteiger partial charge on any atom is -0.497 e. The molecule has 0 aliphatic rings. The van der Waals surface area contributed by atoms with Gasteiger partial charge in [-0.2, -0.15) is 4.31 Å². The number of nitrogens with zero attached hydrogens (tertiary/aromatic N) is 1. The SMILES string of the molecule is CCN(CC(=O)Nc1ccccc1F)S(=O)(=O)c1ccc(OC)cc1. The second-order valence-corrected chi connectivity index (χ2v) is 7.07. The first-order valence-corrected chi connectivity index (χ1v) is 9.01. The standard InChI is InChI=1S/C17H19FN2O4S/c1-3-20(12-17(21)19-16-7-5-4-6-15(16)18)25(22,23)14-10-8-13(24-2)9-11-14/h4-11H,3,12H2,1-2H3,(H,19,21). The Balaban J connectivity index is 2.14. The maximum atomic E-state index is 13.6. The average Bonchev–Trinajstić information content (AvgIpc) is 2.61. The molecule has 8 heteroatoms. The van der Waals surface area contributed by atoms with E-state index in [0.29, 0.717) is 5.75 Å². The molecule has 2 aromatic carbocycles. The highest BCUT2D eigenvalue weighted by Gasteiger charge is 2.25. The maximum Gasteiger partial charge on any atom is 0.243 e. The van der Waals surface area contributed by atoms with Gasteiger partial charge in [0, 0.05) is 6.54 Å². The molecule has 134 valence electrons. The van der Waals surface area contributed by atoms with Crippen LogP contribution in [-0.4, -0.2) is 38.8 Å². The van der Waals surface area contributed by atoms with E-state index in [0.717, 1.165) is 4.31 Å². The summed E-state index contributed by atoms with van der Waals surface area (Å²) in [7, 11) is -2.37. The van der Waals surface area contributed by atoms with E-state index in [9.17, 15) is 17.6 Å². The maximum absolute atomic E-state index is 13.6. The van der Waals surface area contributed by atoms with Gasteiger partial charge in [0.2, 0.25) is 15.9 Å². The average molecular weight is 366 g/mol. The topological polar surface area (TPSA) is 75.7 Å². The quantitative estimate of drug-likeness (QED) is 0.817. The van der Waals surface area contributed by atoms with E-state index in [1.54, 1.807) is 13.0 Å². The fraction of sp³-hybridized carbons (Fsp3) is 0.235. The molecule has 0 saturated carbocycles. The van der Waals surface area contributed by atoms with Crippen molar-refractivity contribution < 1.29 is 22.3 Å². The molecular formula is C17H19FN2O4S. The van der Waals surface area contributed by atoms with Gasteiger partial charge in [-0.25, -0.2) is 12.8 Å². The van der Waals surface area contributed by atoms with E-state index >= 15 is 0 Å². The van der Waals surface area contributed by atoms with E-state index in [4.69, 9.17) is 4.74 Å². The Morgan fingerprint density at radius 1 is 1.16 bits per heavy atom. The molecule has 0 radical (unpaired) electrons. The van der Waals surface area contributed by atoms with Crippen LogP contribution in [0, 0.1) is 5.82 Å². The van der Waals surface area contributed by atoms with Crippen LogP contribution in [0.2, 0.25) is 0 Å². The van der Waals surface area contributed by atoms with Gasteiger partial charge in [0.1, 0.15) is 11.6 Å². The zero-order chi connectivity index (χ0) is 18.4. The van der Waals surface area contributed by atoms with E-state index < -0.39 is 28.3 Å². The highest BCUT2D eigenvalue weighted by Crippen LogP contribution is 2.19. The van der Waals surface area contributed by atoms with Crippen LogP contribution in [0.15, 0.2) is 53.4 Å². The van der Waals surface area contributed by atoms with Crippen LogP contribution >= 0.6 is 0 Å². The third kappa shape index (κ3) is 4.55. The van der Waals surface area contributed by atoms with Crippen molar-refractivity contribution in [1.82, 2.24) is 4.31 Å². The first kappa shape index (κ1) is 18.9. The minimum absolute atomic E-state index is 0.00500. The number of para-hydroxylation sites is 1. The van der Waals surface area contributed by atoms with E-state index in [1.165, 1.54) is 49.6 Å². The Morgan fingerprint density at radius 2 is 1.80 bits per heavy atom. The lowest BCUT2D eigenvalue weighted by molar-refractivity contribution is -0.116. The van der Waals surface area contributed by atoms with Crippen LogP contribution in [0.4, 0.5) is 10.1 Å². The van der Waals surface area contributed by atoms with Crippen molar-refractivity contribution in [3.63, 3.8) is 0 Å². The lowest BCUT2D eigenvalue weighted by Crippen LogP contribution is -2.37. The predicted molar refractivity (Wildman–Crippen MR) is 92.5 cm³/mol. The first-order valence-electron chi connectivity index (χ1n) is 7.57. The largest absolute Gasteiger partial charge is 0.497 e. The number of sulfonamides is 1. The van der Waals surface area contributed by atoms with Crippen LogP contribution in [0.5, 0.6) is 5.75 Å². The van der Waals surface area contributed by atoms with Crippen LogP contribution in [0.25, 0.3) is 0 Å². The number of anilines is 1. The lowest BCUT2D eigenvalue weighted by atomic mass is 10.3. The van der Waals surface area contributed by atoms with Gasteiger partial charge in [0.05, 0.1) is 24.2 Å². The summed E-state index contributed by atoms with van der Waals surface area (Å²) in [5.74, 6) is -0.680. The Bertz CT molecular complexity index is 838. The second-order valence-electron chi connectivity index (χ2n) is 5.13. The number of rotatable bonds is 7. The molecule has 0 saturated heterocycles. The van der Waals surface area contributed by atoms with E-state index in [-0.39, 0.29) is 17.1 Å². The molecule has 6 nitrogen and oxygen atoms in total. The number of halogens is 1. The van der Waals surface area contributed by atoms with Gasteiger partial charge in [0.15, 0.2) is 0 Å². The van der Waals surface area contributed by atoms with Crippen LogP contribution in [0.3, 0.4) is 0 Å². The van der Waals surface area contributed by atoms with Crippen LogP contribution in [0.1, 0.15) is 6.92 Å². The number of hydrogen-bond acceptors (Lipinski definition) is 4. The number of methoxy groups -OCH3 is 1. The molecule has 0 atom stereocenters. The summed E-state index contributed by atoms with van der Waals surface area (Å²) in [5.41, 5.74) is 0.00500. The molecule has 0 unspecified atom stereocenters. The number of carbonyl (C=O) groups excluding carboxylic acids is 1. The molecule has 0 spiro atoms. The van der Waals surface area contributed by atoms with E-state index in [1.807, 2.05) is 0 Å². The number of ether oxygens (including phenoxy) is 1. The highest BCUT2D eigenvalue weighted by atomic mass is 32.2. The predicted octanol–water partition coefficient (Wildman–Crippen LogP) is 2.48. The number of carbonyl (C=O) groups is 1. The van der Waals surface area contributed by atoms with Crippen LogP contribution in [-0.2, 0) is 14.8 Å². The summed E-state index contributed by atoms with van der Waals surface area (Å²) in [4.78, 5) is 12.2. The van der Waals surface area contributed by atoms with Gasteiger partial charge in [-0.3, -0.25) is 4.79 Å². The third-order valence-electron chi connectivity index (χ3n) is 3.52. The molecule has 0 aromatic heterocycles. The van der Waals surface area contributed by atoms with Gasteiger partial charge in [-0.05, 0) is 36.4 Å². The molecule has 0 aliphatic heterocycles. The normalized spacial score (nSPS) is 11.4. The van der Waals surface area contributed by atoms with Gasteiger partial charge in [-0.15, -0.1) is 0 Å². The van der Waals surface area contributed by atoms with Gasteiger partial charge in [0.25, 0.3) is 0 Å². The summed E-state index contributed by atoms with van der Waals surface area (Å²) < 4.78 is 44.9. The first-order chi connectivity index (χ1) is 11.9. The van der Waals surface area contributed by atoms with Crippen molar-refractivity contribution >= 4 is 21.6 Å². The van der Waals surface area contributed by atoms with Gasteiger partial charge in [-0.1, -0.05) is 19.1 Å². The minimum atomic E-state index is -3.85. The smallest absolute Gasteiger partial charge is 0.243 e. The van der Waals surface area contributed by atoms with Crippen molar-refractivity contribution in [2.45, 2.75) is 11.8 Å². The number of benzene rings is 2. The summed E-state index contributed by atoms with van der Waals surface area (Å²) in [6, 6.07) is 11.6. The fourth-order valence-electron chi connectivity index (χ4n) is 2.18. The Kier molecular flexibility index (Phi) is 6.11. The van der Waals surface area contributed by atoms with Crippen molar-refractivity contribution in [1.29, 1.82) is 0 Å². The van der Waals surface area contributed by atoms with Gasteiger partial charge >= 0.3 is 0 Å². The Hall–Kier alpha value is -2.45.